The number of anilines is 1. The van der Waals surface area contributed by atoms with E-state index in [0.717, 1.165) is 36.6 Å². The number of halogens is 2. The molecule has 10 nitrogen and oxygen atoms in total. The number of nitrogens with one attached hydrogen (secondary N) is 1. The van der Waals surface area contributed by atoms with E-state index in [2.05, 4.69) is 36.1 Å². The van der Waals surface area contributed by atoms with Gasteiger partial charge in [0, 0.05) is 58.5 Å². The molecule has 1 N–H and O–H groups in total. The maximum atomic E-state index is 15.5. The first-order chi connectivity index (χ1) is 24.9. The van der Waals surface area contributed by atoms with Crippen LogP contribution in [0.3, 0.4) is 0 Å². The lowest BCUT2D eigenvalue weighted by molar-refractivity contribution is 0.102. The number of nitrogens with zero attached hydrogens (tertiary/aromatic N) is 4. The molecule has 3 aromatic heterocycles. The largest absolute Gasteiger partial charge is 0.493 e. The second kappa shape index (κ2) is 15.3. The highest BCUT2D eigenvalue weighted by Crippen LogP contribution is 2.38. The van der Waals surface area contributed by atoms with Crippen molar-refractivity contribution in [2.24, 2.45) is 0 Å². The van der Waals surface area contributed by atoms with Gasteiger partial charge in [-0.3, -0.25) is 14.6 Å². The topological polar surface area (TPSA) is 108 Å². The number of amides is 1. The predicted octanol–water partition coefficient (Wildman–Crippen LogP) is 8.14. The smallest absolute Gasteiger partial charge is 0.261 e. The Labute approximate surface area is 301 Å². The number of ether oxygens (including phenoxy) is 3. The van der Waals surface area contributed by atoms with Crippen molar-refractivity contribution in [2.75, 3.05) is 38.7 Å². The standard InChI is InChI=1S/C39H35BrFN5O5/c1-49-35-22-29-32(23-36(35)50-20-6-19-45-17-3-2-4-18-45)42-16-14-33(29)51-34-13-10-26(21-31(34)41)44-39(48)30-24-46(27-11-8-25(40)9-12-27)38-28(37(30)47)7-5-15-43-38/h5,7-16,21-24H,2-4,6,17-20H2,1H3,(H,44,48). The summed E-state index contributed by atoms with van der Waals surface area (Å²) in [5.74, 6) is -0.0167. The van der Waals surface area contributed by atoms with Crippen LogP contribution in [0.25, 0.3) is 27.6 Å². The molecule has 0 radical (unpaired) electrons. The molecule has 0 atom stereocenters. The summed E-state index contributed by atoms with van der Waals surface area (Å²) in [5, 5.41) is 3.54. The number of piperidine rings is 1. The summed E-state index contributed by atoms with van der Waals surface area (Å²) in [6.07, 6.45) is 9.32. The maximum Gasteiger partial charge on any atom is 0.261 e. The molecule has 0 unspecified atom stereocenters. The molecule has 1 aliphatic rings. The zero-order valence-corrected chi connectivity index (χ0v) is 29.5. The monoisotopic (exact) mass is 751 g/mol. The van der Waals surface area contributed by atoms with Crippen molar-refractivity contribution >= 4 is 49.5 Å². The number of benzene rings is 3. The van der Waals surface area contributed by atoms with Gasteiger partial charge in [-0.25, -0.2) is 9.37 Å². The van der Waals surface area contributed by atoms with Crippen LogP contribution in [0.4, 0.5) is 10.1 Å². The van der Waals surface area contributed by atoms with E-state index < -0.39 is 17.2 Å². The summed E-state index contributed by atoms with van der Waals surface area (Å²) in [6.45, 7) is 3.82. The Hall–Kier alpha value is -5.33. The molecular formula is C39H35BrFN5O5. The average molecular weight is 753 g/mol. The molecular weight excluding hydrogens is 717 g/mol. The van der Waals surface area contributed by atoms with Crippen LogP contribution in [0, 0.1) is 5.82 Å². The Bertz CT molecular complexity index is 2270. The fourth-order valence-corrected chi connectivity index (χ4v) is 6.51. The third-order valence-corrected chi connectivity index (χ3v) is 9.36. The minimum atomic E-state index is -0.714. The van der Waals surface area contributed by atoms with E-state index in [-0.39, 0.29) is 22.4 Å². The molecule has 0 spiro atoms. The number of hydrogen-bond donors (Lipinski definition) is 1. The SMILES string of the molecule is COc1cc2c(Oc3ccc(NC(=O)c4cn(-c5ccc(Br)cc5)c5ncccc5c4=O)cc3F)ccnc2cc1OCCCN1CCCCC1. The molecule has 51 heavy (non-hydrogen) atoms. The molecule has 260 valence electrons. The Morgan fingerprint density at radius 2 is 1.73 bits per heavy atom. The summed E-state index contributed by atoms with van der Waals surface area (Å²) >= 11 is 3.43. The first-order valence-corrected chi connectivity index (χ1v) is 17.5. The normalized spacial score (nSPS) is 13.3. The van der Waals surface area contributed by atoms with E-state index in [0.29, 0.717) is 46.1 Å². The quantitative estimate of drug-likeness (QED) is 0.132. The van der Waals surface area contributed by atoms with Gasteiger partial charge in [0.15, 0.2) is 23.1 Å². The number of rotatable bonds is 11. The third-order valence-electron chi connectivity index (χ3n) is 8.83. The molecule has 3 aromatic carbocycles. The van der Waals surface area contributed by atoms with Crippen LogP contribution in [0.1, 0.15) is 36.0 Å². The average Bonchev–Trinajstić information content (AvgIpc) is 3.15. The lowest BCUT2D eigenvalue weighted by Crippen LogP contribution is -2.31. The van der Waals surface area contributed by atoms with Crippen LogP contribution >= 0.6 is 15.9 Å². The van der Waals surface area contributed by atoms with E-state index >= 15 is 4.39 Å². The summed E-state index contributed by atoms with van der Waals surface area (Å²) < 4.78 is 35.8. The highest BCUT2D eigenvalue weighted by molar-refractivity contribution is 9.10. The van der Waals surface area contributed by atoms with Gasteiger partial charge in [0.25, 0.3) is 5.91 Å². The molecule has 0 saturated carbocycles. The second-order valence-electron chi connectivity index (χ2n) is 12.2. The predicted molar refractivity (Wildman–Crippen MR) is 198 cm³/mol. The molecule has 4 heterocycles. The first-order valence-electron chi connectivity index (χ1n) is 16.7. The molecule has 6 aromatic rings. The molecule has 0 aliphatic carbocycles. The van der Waals surface area contributed by atoms with Gasteiger partial charge in [-0.05, 0) is 93.0 Å². The van der Waals surface area contributed by atoms with E-state index in [1.54, 1.807) is 54.4 Å². The van der Waals surface area contributed by atoms with Gasteiger partial charge >= 0.3 is 0 Å². The van der Waals surface area contributed by atoms with Crippen molar-refractivity contribution in [1.29, 1.82) is 0 Å². The summed E-state index contributed by atoms with van der Waals surface area (Å²) in [7, 11) is 1.57. The highest BCUT2D eigenvalue weighted by Gasteiger charge is 2.19. The Kier molecular flexibility index (Phi) is 10.2. The molecule has 1 saturated heterocycles. The van der Waals surface area contributed by atoms with Gasteiger partial charge in [-0.1, -0.05) is 22.4 Å². The number of methoxy groups -OCH3 is 1. The van der Waals surface area contributed by atoms with Crippen molar-refractivity contribution in [2.45, 2.75) is 25.7 Å². The minimum absolute atomic E-state index is 0.0631. The molecule has 1 fully saturated rings. The second-order valence-corrected chi connectivity index (χ2v) is 13.1. The Morgan fingerprint density at radius 1 is 0.902 bits per heavy atom. The van der Waals surface area contributed by atoms with E-state index in [4.69, 9.17) is 14.2 Å². The minimum Gasteiger partial charge on any atom is -0.493 e. The van der Waals surface area contributed by atoms with Crippen LogP contribution in [-0.2, 0) is 0 Å². The maximum absolute atomic E-state index is 15.5. The summed E-state index contributed by atoms with van der Waals surface area (Å²) in [6, 6.07) is 19.9. The van der Waals surface area contributed by atoms with Crippen LogP contribution in [-0.4, -0.2) is 58.7 Å². The molecule has 12 heteroatoms. The number of likely N-dealkylation sites (tertiary alicyclic amines) is 1. The van der Waals surface area contributed by atoms with Gasteiger partial charge in [0.1, 0.15) is 17.0 Å². The Balaban J connectivity index is 1.08. The van der Waals surface area contributed by atoms with E-state index in [1.165, 1.54) is 37.6 Å². The highest BCUT2D eigenvalue weighted by atomic mass is 79.9. The molecule has 1 aliphatic heterocycles. The van der Waals surface area contributed by atoms with Crippen molar-refractivity contribution in [3.8, 4) is 28.7 Å². The van der Waals surface area contributed by atoms with Crippen molar-refractivity contribution in [1.82, 2.24) is 19.4 Å². The third kappa shape index (κ3) is 7.57. The van der Waals surface area contributed by atoms with Gasteiger partial charge in [0.05, 0.1) is 24.6 Å². The van der Waals surface area contributed by atoms with E-state index in [1.807, 2.05) is 24.3 Å². The zero-order valence-electron chi connectivity index (χ0n) is 27.9. The van der Waals surface area contributed by atoms with Crippen LogP contribution in [0.15, 0.2) is 101 Å². The fourth-order valence-electron chi connectivity index (χ4n) is 6.24. The van der Waals surface area contributed by atoms with Crippen LogP contribution in [0.5, 0.6) is 23.0 Å². The van der Waals surface area contributed by atoms with Crippen molar-refractivity contribution in [3.63, 3.8) is 0 Å². The van der Waals surface area contributed by atoms with Crippen molar-refractivity contribution < 1.29 is 23.4 Å². The Morgan fingerprint density at radius 3 is 2.51 bits per heavy atom. The number of aromatic nitrogens is 3. The molecule has 1 amide bonds. The zero-order chi connectivity index (χ0) is 35.3. The molecule has 0 bridgehead atoms. The number of hydrogen-bond acceptors (Lipinski definition) is 8. The van der Waals surface area contributed by atoms with Crippen molar-refractivity contribution in [3.05, 3.63) is 117 Å². The lowest BCUT2D eigenvalue weighted by Gasteiger charge is -2.26. The van der Waals surface area contributed by atoms with Gasteiger partial charge in [-0.15, -0.1) is 0 Å². The van der Waals surface area contributed by atoms with Gasteiger partial charge in [0.2, 0.25) is 5.43 Å². The number of pyridine rings is 3. The van der Waals surface area contributed by atoms with Gasteiger partial charge in [-0.2, -0.15) is 0 Å². The van der Waals surface area contributed by atoms with Crippen LogP contribution < -0.4 is 25.0 Å². The summed E-state index contributed by atoms with van der Waals surface area (Å²) in [4.78, 5) is 38.2. The van der Waals surface area contributed by atoms with Gasteiger partial charge < -0.3 is 29.0 Å². The van der Waals surface area contributed by atoms with E-state index in [9.17, 15) is 9.59 Å². The fraction of sp³-hybridized carbons (Fsp3) is 0.231. The number of carbonyl (C=O) groups is 1. The lowest BCUT2D eigenvalue weighted by atomic mass is 10.1. The summed E-state index contributed by atoms with van der Waals surface area (Å²) in [5.41, 5.74) is 1.24. The number of carbonyl (C=O) groups excluding carboxylic acids is 1. The number of fused-ring (bicyclic) bond motifs is 2. The first kappa shape index (κ1) is 34.1. The molecule has 7 rings (SSSR count). The van der Waals surface area contributed by atoms with Crippen LogP contribution in [0.2, 0.25) is 0 Å².